The Hall–Kier alpha value is -2.08. The Balaban J connectivity index is 1.41. The van der Waals surface area contributed by atoms with Crippen LogP contribution in [0, 0.1) is 0 Å². The van der Waals surface area contributed by atoms with E-state index in [1.54, 1.807) is 0 Å². The summed E-state index contributed by atoms with van der Waals surface area (Å²) in [6, 6.07) is 56.0. The Morgan fingerprint density at radius 2 is 0.469 bits per heavy atom. The van der Waals surface area contributed by atoms with Gasteiger partial charge in [-0.1, -0.05) is 229 Å². The fourth-order valence-electron chi connectivity index (χ4n) is 6.43. The van der Waals surface area contributed by atoms with Crippen molar-refractivity contribution in [1.29, 1.82) is 0 Å². The van der Waals surface area contributed by atoms with Gasteiger partial charge in [-0.2, -0.15) is 0 Å². The van der Waals surface area contributed by atoms with Crippen molar-refractivity contribution in [2.75, 3.05) is 30.6 Å². The first-order valence-electron chi connectivity index (χ1n) is 16.4. The maximum atomic E-state index is 7.01. The van der Waals surface area contributed by atoms with Crippen molar-refractivity contribution in [1.82, 2.24) is 0 Å². The monoisotopic (exact) mass is 784 g/mol. The molecule has 6 aromatic rings. The molecule has 2 unspecified atom stereocenters. The van der Waals surface area contributed by atoms with Gasteiger partial charge in [0.15, 0.2) is 0 Å². The van der Waals surface area contributed by atoms with Gasteiger partial charge in [-0.3, -0.25) is 0 Å². The average molecular weight is 785 g/mol. The van der Waals surface area contributed by atoms with Crippen molar-refractivity contribution >= 4 is 103 Å². The van der Waals surface area contributed by atoms with Crippen molar-refractivity contribution in [3.8, 4) is 0 Å². The van der Waals surface area contributed by atoms with Gasteiger partial charge in [-0.15, -0.1) is 0 Å². The second-order valence-electron chi connectivity index (χ2n) is 12.3. The van der Waals surface area contributed by atoms with E-state index < -0.39 is 24.2 Å². The van der Waals surface area contributed by atoms with E-state index in [0.717, 1.165) is 30.6 Å². The highest BCUT2D eigenvalue weighted by atomic mass is 32.5. The number of rotatable bonds is 14. The summed E-state index contributed by atoms with van der Waals surface area (Å²) in [4.78, 5) is 0. The fourth-order valence-corrected chi connectivity index (χ4v) is 32.2. The van der Waals surface area contributed by atoms with Crippen molar-refractivity contribution in [3.63, 3.8) is 0 Å². The molecule has 0 aliphatic rings. The highest BCUT2D eigenvalue weighted by molar-refractivity contribution is 8.29. The third kappa shape index (κ3) is 8.53. The highest BCUT2D eigenvalue weighted by Gasteiger charge is 2.34. The van der Waals surface area contributed by atoms with Gasteiger partial charge in [-0.05, 0) is 68.6 Å². The lowest BCUT2D eigenvalue weighted by Crippen LogP contribution is -2.24. The van der Waals surface area contributed by atoms with Gasteiger partial charge >= 0.3 is 0 Å². The standard InChI is InChI=1S/C41H40P4S4/c46-42(36-19-7-1-8-20-36,31-33-44(48,38-23-11-3-12-24-38)39-25-13-4-14-26-39)35-43(47,37-21-9-2-10-22-37)32-34-45(49,40-27-15-5-16-28-40)41-29-17-6-18-30-41/h1-30H,31-35H2. The minimum Gasteiger partial charge on any atom is -0.0921 e. The summed E-state index contributed by atoms with van der Waals surface area (Å²) < 4.78 is 0. The molecule has 0 aliphatic carbocycles. The molecular formula is C41H40P4S4. The lowest BCUT2D eigenvalue weighted by molar-refractivity contribution is 1.47. The minimum atomic E-state index is -2.20. The number of hydrogen-bond acceptors (Lipinski definition) is 4. The first kappa shape index (κ1) is 36.7. The third-order valence-corrected chi connectivity index (χ3v) is 32.2. The van der Waals surface area contributed by atoms with Gasteiger partial charge in [0.1, 0.15) is 0 Å². The van der Waals surface area contributed by atoms with E-state index in [0.29, 0.717) is 0 Å². The van der Waals surface area contributed by atoms with E-state index in [9.17, 15) is 0 Å². The quantitative estimate of drug-likeness (QED) is 0.101. The van der Waals surface area contributed by atoms with Crippen LogP contribution in [0.4, 0.5) is 0 Å². The molecule has 0 spiro atoms. The van der Waals surface area contributed by atoms with Crippen LogP contribution in [-0.2, 0) is 47.2 Å². The first-order chi connectivity index (χ1) is 23.8. The van der Waals surface area contributed by atoms with Crippen molar-refractivity contribution in [2.24, 2.45) is 0 Å². The molecule has 0 aromatic heterocycles. The molecule has 0 N–H and O–H groups in total. The largest absolute Gasteiger partial charge is 0.0921 e. The first-order valence-corrected chi connectivity index (χ1v) is 28.8. The second-order valence-corrected chi connectivity index (χ2v) is 32.8. The number of benzene rings is 6. The van der Waals surface area contributed by atoms with E-state index in [1.165, 1.54) is 31.8 Å². The lowest BCUT2D eigenvalue weighted by Gasteiger charge is -2.35. The van der Waals surface area contributed by atoms with Gasteiger partial charge in [0.2, 0.25) is 0 Å². The zero-order chi connectivity index (χ0) is 34.2. The van der Waals surface area contributed by atoms with E-state index in [2.05, 4.69) is 182 Å². The van der Waals surface area contributed by atoms with Crippen LogP contribution in [0.25, 0.3) is 0 Å². The van der Waals surface area contributed by atoms with Crippen molar-refractivity contribution < 1.29 is 0 Å². The molecule has 0 fully saturated rings. The van der Waals surface area contributed by atoms with Crippen LogP contribution in [0.15, 0.2) is 182 Å². The van der Waals surface area contributed by atoms with Gasteiger partial charge in [0.25, 0.3) is 0 Å². The normalized spacial score (nSPS) is 14.4. The van der Waals surface area contributed by atoms with Gasteiger partial charge < -0.3 is 0 Å². The predicted molar refractivity (Wildman–Crippen MR) is 238 cm³/mol. The van der Waals surface area contributed by atoms with E-state index in [4.69, 9.17) is 47.2 Å². The molecule has 49 heavy (non-hydrogen) atoms. The molecule has 8 heteroatoms. The molecule has 0 bridgehead atoms. The van der Waals surface area contributed by atoms with Crippen LogP contribution in [0.3, 0.4) is 0 Å². The van der Waals surface area contributed by atoms with Crippen molar-refractivity contribution in [2.45, 2.75) is 0 Å². The van der Waals surface area contributed by atoms with Crippen LogP contribution in [0.2, 0.25) is 0 Å². The third-order valence-electron chi connectivity index (χ3n) is 9.16. The topological polar surface area (TPSA) is 0 Å². The van der Waals surface area contributed by atoms with Crippen LogP contribution in [0.5, 0.6) is 0 Å². The zero-order valence-corrected chi connectivity index (χ0v) is 34.1. The fraction of sp³-hybridized carbons (Fsp3) is 0.122. The molecule has 0 saturated carbocycles. The molecule has 0 nitrogen and oxygen atoms in total. The molecule has 6 rings (SSSR count). The average Bonchev–Trinajstić information content (AvgIpc) is 3.18. The highest BCUT2D eigenvalue weighted by Crippen LogP contribution is 2.63. The predicted octanol–water partition coefficient (Wildman–Crippen LogP) is 8.81. The Morgan fingerprint density at radius 1 is 0.265 bits per heavy atom. The Labute approximate surface area is 313 Å². The minimum absolute atomic E-state index is 0.844. The Bertz CT molecular complexity index is 1900. The second kappa shape index (κ2) is 16.5. The van der Waals surface area contributed by atoms with Crippen molar-refractivity contribution in [3.05, 3.63) is 182 Å². The smallest absolute Gasteiger partial charge is 0.0137 e. The summed E-state index contributed by atoms with van der Waals surface area (Å²) in [7, 11) is 0. The zero-order valence-electron chi connectivity index (χ0n) is 27.3. The molecular weight excluding hydrogens is 745 g/mol. The van der Waals surface area contributed by atoms with E-state index >= 15 is 0 Å². The Kier molecular flexibility index (Phi) is 12.4. The molecule has 0 radical (unpaired) electrons. The molecule has 0 amide bonds. The van der Waals surface area contributed by atoms with E-state index in [1.807, 2.05) is 0 Å². The molecule has 248 valence electrons. The van der Waals surface area contributed by atoms with Crippen LogP contribution < -0.4 is 31.8 Å². The van der Waals surface area contributed by atoms with Gasteiger partial charge in [0, 0.05) is 18.0 Å². The summed E-state index contributed by atoms with van der Waals surface area (Å²) in [5.74, 6) is 0.844. The summed E-state index contributed by atoms with van der Waals surface area (Å²) in [6.45, 7) is 0. The van der Waals surface area contributed by atoms with Gasteiger partial charge in [0.05, 0.1) is 0 Å². The molecule has 0 saturated heterocycles. The summed E-state index contributed by atoms with van der Waals surface area (Å²) in [6.07, 6.45) is 3.51. The van der Waals surface area contributed by atoms with Crippen LogP contribution >= 0.6 is 24.2 Å². The van der Waals surface area contributed by atoms with E-state index in [-0.39, 0.29) is 0 Å². The summed E-state index contributed by atoms with van der Waals surface area (Å²) in [5.41, 5.74) is 0. The van der Waals surface area contributed by atoms with Crippen LogP contribution in [-0.4, -0.2) is 30.6 Å². The van der Waals surface area contributed by atoms with Crippen LogP contribution in [0.1, 0.15) is 0 Å². The number of hydrogen-bond donors (Lipinski definition) is 0. The molecule has 0 aliphatic heterocycles. The van der Waals surface area contributed by atoms with Gasteiger partial charge in [-0.25, -0.2) is 0 Å². The molecule has 6 aromatic carbocycles. The maximum absolute atomic E-state index is 7.01. The maximum Gasteiger partial charge on any atom is 0.0137 e. The molecule has 0 heterocycles. The molecule has 2 atom stereocenters. The summed E-state index contributed by atoms with van der Waals surface area (Å²) in [5, 5.41) is 7.53. The Morgan fingerprint density at radius 3 is 0.694 bits per heavy atom. The SMILES string of the molecule is S=P(CCP(=S)(c1ccccc1)c1ccccc1)(CP(=S)(CCP(=S)(c1ccccc1)c1ccccc1)c1ccccc1)c1ccccc1. The lowest BCUT2D eigenvalue weighted by atomic mass is 10.4. The summed E-state index contributed by atoms with van der Waals surface area (Å²) >= 11 is 27.5.